The van der Waals surface area contributed by atoms with Gasteiger partial charge in [0.2, 0.25) is 0 Å². The average Bonchev–Trinajstić information content (AvgIpc) is 3.44. The zero-order valence-corrected chi connectivity index (χ0v) is 19.6. The molecule has 1 fully saturated rings. The number of carboxylic acids is 2. The van der Waals surface area contributed by atoms with Crippen LogP contribution < -0.4 is 9.64 Å². The third-order valence-corrected chi connectivity index (χ3v) is 6.57. The number of hydrogen-bond donors (Lipinski definition) is 2. The van der Waals surface area contributed by atoms with Gasteiger partial charge in [-0.15, -0.1) is 0 Å². The zero-order chi connectivity index (χ0) is 23.8. The first kappa shape index (κ1) is 24.5. The lowest BCUT2D eigenvalue weighted by Crippen LogP contribution is -2.34. The van der Waals surface area contributed by atoms with E-state index < -0.39 is 11.9 Å². The van der Waals surface area contributed by atoms with E-state index >= 15 is 0 Å². The van der Waals surface area contributed by atoms with E-state index in [0.29, 0.717) is 6.04 Å². The van der Waals surface area contributed by atoms with E-state index in [-0.39, 0.29) is 0 Å². The molecule has 4 rings (SSSR count). The number of rotatable bonds is 7. The Hall–Kier alpha value is -3.17. The third kappa shape index (κ3) is 7.16. The van der Waals surface area contributed by atoms with Crippen molar-refractivity contribution in [1.29, 1.82) is 0 Å². The van der Waals surface area contributed by atoms with Crippen molar-refractivity contribution in [1.82, 2.24) is 9.88 Å². The molecule has 1 atom stereocenters. The molecule has 2 N–H and O–H groups in total. The van der Waals surface area contributed by atoms with Gasteiger partial charge in [-0.1, -0.05) is 35.6 Å². The number of para-hydroxylation sites is 1. The van der Waals surface area contributed by atoms with Gasteiger partial charge in [0, 0.05) is 32.7 Å². The Labute approximate surface area is 197 Å². The molecule has 1 saturated heterocycles. The Morgan fingerprint density at radius 1 is 1.18 bits per heavy atom. The fourth-order valence-electron chi connectivity index (χ4n) is 3.68. The van der Waals surface area contributed by atoms with Gasteiger partial charge in [-0.3, -0.25) is 0 Å². The molecule has 33 heavy (non-hydrogen) atoms. The van der Waals surface area contributed by atoms with Crippen molar-refractivity contribution in [2.24, 2.45) is 0 Å². The standard InChI is InChI=1S/C22H27N3OS.C2H2O4/c1-17-7-5-8-19(15-17)26-14-6-12-25-13-11-18(16-25)24(2)22-23-20-9-3-4-10-21(20)27-22;3-1(4)2(5)6/h3-5,7-10,15,18H,6,11-14,16H2,1-2H3;(H,3,4)(H,5,6). The second-order valence-electron chi connectivity index (χ2n) is 7.95. The fourth-order valence-corrected chi connectivity index (χ4v) is 4.68. The number of aryl methyl sites for hydroxylation is 1. The van der Waals surface area contributed by atoms with E-state index in [1.165, 1.54) is 16.7 Å². The number of aliphatic carboxylic acids is 2. The van der Waals surface area contributed by atoms with Gasteiger partial charge in [-0.05, 0) is 49.6 Å². The summed E-state index contributed by atoms with van der Waals surface area (Å²) >= 11 is 1.79. The first-order valence-corrected chi connectivity index (χ1v) is 11.6. The Kier molecular flexibility index (Phi) is 8.62. The van der Waals surface area contributed by atoms with Gasteiger partial charge < -0.3 is 24.7 Å². The summed E-state index contributed by atoms with van der Waals surface area (Å²) in [7, 11) is 2.19. The molecule has 0 amide bonds. The molecule has 2 aromatic carbocycles. The zero-order valence-electron chi connectivity index (χ0n) is 18.8. The Morgan fingerprint density at radius 3 is 2.64 bits per heavy atom. The smallest absolute Gasteiger partial charge is 0.414 e. The number of ether oxygens (including phenoxy) is 1. The van der Waals surface area contributed by atoms with Crippen molar-refractivity contribution in [3.63, 3.8) is 0 Å². The lowest BCUT2D eigenvalue weighted by molar-refractivity contribution is -0.159. The molecule has 0 aliphatic carbocycles. The normalized spacial score (nSPS) is 15.6. The summed E-state index contributed by atoms with van der Waals surface area (Å²) in [5, 5.41) is 15.9. The van der Waals surface area contributed by atoms with Crippen molar-refractivity contribution in [3.8, 4) is 5.75 Å². The lowest BCUT2D eigenvalue weighted by atomic mass is 10.2. The first-order chi connectivity index (χ1) is 15.8. The van der Waals surface area contributed by atoms with E-state index in [0.717, 1.165) is 49.1 Å². The number of thiazole rings is 1. The third-order valence-electron chi connectivity index (χ3n) is 5.44. The minimum Gasteiger partial charge on any atom is -0.494 e. The highest BCUT2D eigenvalue weighted by molar-refractivity contribution is 7.22. The number of nitrogens with zero attached hydrogens (tertiary/aromatic N) is 3. The van der Waals surface area contributed by atoms with Crippen molar-refractivity contribution in [2.45, 2.75) is 25.8 Å². The highest BCUT2D eigenvalue weighted by Gasteiger charge is 2.27. The second-order valence-corrected chi connectivity index (χ2v) is 8.96. The number of hydrogen-bond acceptors (Lipinski definition) is 7. The maximum absolute atomic E-state index is 9.10. The number of anilines is 1. The van der Waals surface area contributed by atoms with Crippen LogP contribution in [0.2, 0.25) is 0 Å². The largest absolute Gasteiger partial charge is 0.494 e. The van der Waals surface area contributed by atoms with E-state index in [2.05, 4.69) is 60.2 Å². The number of carbonyl (C=O) groups is 2. The molecule has 1 aliphatic heterocycles. The lowest BCUT2D eigenvalue weighted by Gasteiger charge is -2.24. The van der Waals surface area contributed by atoms with Crippen LogP contribution in [-0.4, -0.2) is 71.4 Å². The van der Waals surface area contributed by atoms with Crippen LogP contribution >= 0.6 is 11.3 Å². The highest BCUT2D eigenvalue weighted by Crippen LogP contribution is 2.30. The maximum Gasteiger partial charge on any atom is 0.414 e. The van der Waals surface area contributed by atoms with Gasteiger partial charge in [0.1, 0.15) is 5.75 Å². The van der Waals surface area contributed by atoms with Crippen molar-refractivity contribution in [2.75, 3.05) is 38.2 Å². The molecule has 0 bridgehead atoms. The summed E-state index contributed by atoms with van der Waals surface area (Å²) in [5.41, 5.74) is 2.35. The molecule has 3 aromatic rings. The van der Waals surface area contributed by atoms with Crippen LogP contribution in [0.25, 0.3) is 10.2 Å². The molecule has 0 saturated carbocycles. The Bertz CT molecular complexity index is 1040. The number of likely N-dealkylation sites (N-methyl/N-ethyl adjacent to an activating group) is 1. The van der Waals surface area contributed by atoms with Crippen LogP contribution in [0.3, 0.4) is 0 Å². The summed E-state index contributed by atoms with van der Waals surface area (Å²) in [6, 6.07) is 17.2. The van der Waals surface area contributed by atoms with Crippen LogP contribution in [0.1, 0.15) is 18.4 Å². The SMILES string of the molecule is Cc1cccc(OCCCN2CCC(N(C)c3nc4ccccc4s3)C2)c1.O=C(O)C(=O)O. The summed E-state index contributed by atoms with van der Waals surface area (Å²) in [5.74, 6) is -2.67. The molecule has 1 aliphatic rings. The van der Waals surface area contributed by atoms with Crippen LogP contribution in [0.4, 0.5) is 5.13 Å². The van der Waals surface area contributed by atoms with Gasteiger partial charge in [-0.2, -0.15) is 0 Å². The van der Waals surface area contributed by atoms with Crippen molar-refractivity contribution < 1.29 is 24.5 Å². The fraction of sp³-hybridized carbons (Fsp3) is 0.375. The summed E-state index contributed by atoms with van der Waals surface area (Å²) in [6.07, 6.45) is 2.26. The van der Waals surface area contributed by atoms with E-state index in [1.807, 2.05) is 12.1 Å². The van der Waals surface area contributed by atoms with Gasteiger partial charge >= 0.3 is 11.9 Å². The summed E-state index contributed by atoms with van der Waals surface area (Å²) in [6.45, 7) is 6.23. The predicted molar refractivity (Wildman–Crippen MR) is 129 cm³/mol. The van der Waals surface area contributed by atoms with E-state index in [1.54, 1.807) is 11.3 Å². The topological polar surface area (TPSA) is 103 Å². The molecule has 0 radical (unpaired) electrons. The number of aromatic nitrogens is 1. The molecule has 9 heteroatoms. The molecular formula is C24H29N3O5S. The first-order valence-electron chi connectivity index (χ1n) is 10.8. The van der Waals surface area contributed by atoms with Crippen LogP contribution in [0, 0.1) is 6.92 Å². The Balaban J connectivity index is 0.000000454. The van der Waals surface area contributed by atoms with Crippen LogP contribution in [-0.2, 0) is 9.59 Å². The highest BCUT2D eigenvalue weighted by atomic mass is 32.1. The molecular weight excluding hydrogens is 442 g/mol. The number of likely N-dealkylation sites (tertiary alicyclic amines) is 1. The van der Waals surface area contributed by atoms with Crippen molar-refractivity contribution in [3.05, 3.63) is 54.1 Å². The van der Waals surface area contributed by atoms with E-state index in [9.17, 15) is 0 Å². The van der Waals surface area contributed by atoms with Crippen LogP contribution in [0.5, 0.6) is 5.75 Å². The molecule has 1 unspecified atom stereocenters. The quantitative estimate of drug-likeness (QED) is 0.397. The van der Waals surface area contributed by atoms with Gasteiger partial charge in [0.25, 0.3) is 0 Å². The molecule has 2 heterocycles. The molecule has 176 valence electrons. The molecule has 8 nitrogen and oxygen atoms in total. The van der Waals surface area contributed by atoms with Crippen molar-refractivity contribution >= 4 is 38.6 Å². The molecule has 0 spiro atoms. The number of fused-ring (bicyclic) bond motifs is 1. The minimum atomic E-state index is -1.82. The second kappa shape index (κ2) is 11.6. The number of carboxylic acid groups (broad SMARTS) is 2. The van der Waals surface area contributed by atoms with Gasteiger partial charge in [-0.25, -0.2) is 14.6 Å². The van der Waals surface area contributed by atoms with Gasteiger partial charge in [0.15, 0.2) is 5.13 Å². The minimum absolute atomic E-state index is 0.545. The van der Waals surface area contributed by atoms with Gasteiger partial charge in [0.05, 0.1) is 16.8 Å². The monoisotopic (exact) mass is 471 g/mol. The predicted octanol–water partition coefficient (Wildman–Crippen LogP) is 3.74. The number of benzene rings is 2. The summed E-state index contributed by atoms with van der Waals surface area (Å²) < 4.78 is 7.14. The molecule has 1 aromatic heterocycles. The Morgan fingerprint density at radius 2 is 1.94 bits per heavy atom. The average molecular weight is 472 g/mol. The summed E-state index contributed by atoms with van der Waals surface area (Å²) in [4.78, 5) is 27.9. The van der Waals surface area contributed by atoms with E-state index in [4.69, 9.17) is 29.5 Å². The van der Waals surface area contributed by atoms with Crippen LogP contribution in [0.15, 0.2) is 48.5 Å². The maximum atomic E-state index is 9.10.